The van der Waals surface area contributed by atoms with E-state index in [0.717, 1.165) is 12.0 Å². The van der Waals surface area contributed by atoms with Crippen LogP contribution in [0.3, 0.4) is 0 Å². The lowest BCUT2D eigenvalue weighted by Crippen LogP contribution is -2.55. The van der Waals surface area contributed by atoms with Gasteiger partial charge in [0.05, 0.1) is 30.7 Å². The van der Waals surface area contributed by atoms with Gasteiger partial charge in [-0.25, -0.2) is 8.42 Å². The van der Waals surface area contributed by atoms with Crippen molar-refractivity contribution >= 4 is 15.9 Å². The SMILES string of the molecule is COC[C@H]1CN(Cc2cnn[nH]2)C(=O)[C@@H]2CCC[C@H]1N2S(=O)(=O)c1ccc(-c2ccccc2)nc1. The molecule has 0 radical (unpaired) electrons. The van der Waals surface area contributed by atoms with Crippen molar-refractivity contribution in [3.8, 4) is 11.3 Å². The summed E-state index contributed by atoms with van der Waals surface area (Å²) in [5.74, 6) is -0.378. The van der Waals surface area contributed by atoms with Gasteiger partial charge in [-0.1, -0.05) is 35.5 Å². The minimum atomic E-state index is -3.98. The van der Waals surface area contributed by atoms with E-state index in [0.29, 0.717) is 37.4 Å². The Morgan fingerprint density at radius 3 is 2.63 bits per heavy atom. The van der Waals surface area contributed by atoms with Crippen molar-refractivity contribution in [1.82, 2.24) is 29.6 Å². The Balaban J connectivity index is 1.50. The molecule has 0 unspecified atom stereocenters. The number of sulfonamides is 1. The van der Waals surface area contributed by atoms with Crippen LogP contribution < -0.4 is 0 Å². The number of methoxy groups -OCH3 is 1. The molecule has 11 heteroatoms. The molecule has 184 valence electrons. The van der Waals surface area contributed by atoms with Crippen LogP contribution in [-0.2, 0) is 26.1 Å². The van der Waals surface area contributed by atoms with Crippen molar-refractivity contribution < 1.29 is 17.9 Å². The van der Waals surface area contributed by atoms with E-state index in [9.17, 15) is 13.2 Å². The Kier molecular flexibility index (Phi) is 6.63. The van der Waals surface area contributed by atoms with E-state index < -0.39 is 16.1 Å². The molecule has 1 amide bonds. The van der Waals surface area contributed by atoms with Gasteiger partial charge in [-0.15, -0.1) is 5.10 Å². The molecule has 10 nitrogen and oxygen atoms in total. The number of H-pyrrole nitrogens is 1. The first-order chi connectivity index (χ1) is 17.0. The zero-order chi connectivity index (χ0) is 24.4. The number of amides is 1. The first-order valence-corrected chi connectivity index (χ1v) is 13.1. The Morgan fingerprint density at radius 1 is 1.11 bits per heavy atom. The summed E-state index contributed by atoms with van der Waals surface area (Å²) in [5.41, 5.74) is 2.29. The molecule has 0 saturated carbocycles. The van der Waals surface area contributed by atoms with Crippen molar-refractivity contribution in [1.29, 1.82) is 0 Å². The van der Waals surface area contributed by atoms with Gasteiger partial charge in [-0.2, -0.15) is 4.31 Å². The number of aromatic nitrogens is 4. The number of ether oxygens (including phenoxy) is 1. The summed E-state index contributed by atoms with van der Waals surface area (Å²) in [6.45, 7) is 1.03. The van der Waals surface area contributed by atoms with Gasteiger partial charge >= 0.3 is 0 Å². The van der Waals surface area contributed by atoms with Gasteiger partial charge in [-0.05, 0) is 31.4 Å². The number of nitrogens with one attached hydrogen (secondary N) is 1. The first-order valence-electron chi connectivity index (χ1n) is 11.7. The minimum Gasteiger partial charge on any atom is -0.384 e. The molecule has 1 aromatic carbocycles. The van der Waals surface area contributed by atoms with Gasteiger partial charge in [0.25, 0.3) is 0 Å². The molecule has 2 aliphatic heterocycles. The highest BCUT2D eigenvalue weighted by Crippen LogP contribution is 2.37. The van der Waals surface area contributed by atoms with Gasteiger partial charge in [0.15, 0.2) is 0 Å². The maximum absolute atomic E-state index is 14.0. The second kappa shape index (κ2) is 9.84. The third-order valence-electron chi connectivity index (χ3n) is 6.80. The molecular weight excluding hydrogens is 468 g/mol. The van der Waals surface area contributed by atoms with Gasteiger partial charge in [-0.3, -0.25) is 14.9 Å². The highest BCUT2D eigenvalue weighted by atomic mass is 32.2. The fourth-order valence-electron chi connectivity index (χ4n) is 5.19. The fourth-order valence-corrected chi connectivity index (χ4v) is 7.02. The molecule has 2 bridgehead atoms. The predicted molar refractivity (Wildman–Crippen MR) is 127 cm³/mol. The quantitative estimate of drug-likeness (QED) is 0.531. The second-order valence-corrected chi connectivity index (χ2v) is 10.9. The third-order valence-corrected chi connectivity index (χ3v) is 8.71. The van der Waals surface area contributed by atoms with Crippen LogP contribution in [0.4, 0.5) is 0 Å². The number of hydrogen-bond acceptors (Lipinski definition) is 7. The third kappa shape index (κ3) is 4.58. The molecule has 2 fully saturated rings. The monoisotopic (exact) mass is 496 g/mol. The van der Waals surface area contributed by atoms with Crippen molar-refractivity contribution in [2.45, 2.75) is 42.8 Å². The lowest BCUT2D eigenvalue weighted by atomic mass is 9.91. The molecule has 35 heavy (non-hydrogen) atoms. The molecule has 1 N–H and O–H groups in total. The number of carbonyl (C=O) groups is 1. The number of pyridine rings is 1. The van der Waals surface area contributed by atoms with Crippen LogP contribution in [0.15, 0.2) is 59.8 Å². The van der Waals surface area contributed by atoms with E-state index in [1.165, 1.54) is 10.5 Å². The maximum atomic E-state index is 14.0. The Morgan fingerprint density at radius 2 is 1.94 bits per heavy atom. The highest BCUT2D eigenvalue weighted by molar-refractivity contribution is 7.89. The molecule has 0 aliphatic carbocycles. The number of fused-ring (bicyclic) bond motifs is 2. The molecule has 3 aromatic rings. The van der Waals surface area contributed by atoms with Crippen LogP contribution >= 0.6 is 0 Å². The number of piperidine rings is 1. The highest BCUT2D eigenvalue weighted by Gasteiger charge is 2.50. The van der Waals surface area contributed by atoms with Crippen molar-refractivity contribution in [3.05, 3.63) is 60.6 Å². The van der Waals surface area contributed by atoms with Crippen molar-refractivity contribution in [2.75, 3.05) is 20.3 Å². The number of carbonyl (C=O) groups excluding carboxylic acids is 1. The molecule has 4 heterocycles. The summed E-state index contributed by atoms with van der Waals surface area (Å²) in [4.78, 5) is 19.9. The predicted octanol–water partition coefficient (Wildman–Crippen LogP) is 2.08. The van der Waals surface area contributed by atoms with Crippen LogP contribution in [0.25, 0.3) is 11.3 Å². The first kappa shape index (κ1) is 23.6. The summed E-state index contributed by atoms with van der Waals surface area (Å²) in [6, 6.07) is 11.8. The zero-order valence-corrected chi connectivity index (χ0v) is 20.3. The molecule has 5 rings (SSSR count). The summed E-state index contributed by atoms with van der Waals surface area (Å²) in [5, 5.41) is 10.3. The lowest BCUT2D eigenvalue weighted by Gasteiger charge is -2.40. The lowest BCUT2D eigenvalue weighted by molar-refractivity contribution is -0.135. The fraction of sp³-hybridized carbons (Fsp3) is 0.417. The van der Waals surface area contributed by atoms with Crippen LogP contribution in [0, 0.1) is 5.92 Å². The standard InChI is InChI=1S/C24H28N6O4S/c1-34-16-18-14-29(15-19-12-26-28-27-19)24(31)23-9-5-8-22(18)30(23)35(32,33)20-10-11-21(25-13-20)17-6-3-2-4-7-17/h2-4,6-7,10-13,18,22-23H,5,8-9,14-16H2,1H3,(H,26,27,28)/t18-,22-,23+/m1/s1. The van der Waals surface area contributed by atoms with Gasteiger partial charge < -0.3 is 9.64 Å². The van der Waals surface area contributed by atoms with E-state index in [1.807, 2.05) is 30.3 Å². The average molecular weight is 497 g/mol. The second-order valence-electron chi connectivity index (χ2n) is 9.01. The Labute approximate surface area is 204 Å². The maximum Gasteiger partial charge on any atom is 0.245 e. The molecule has 2 saturated heterocycles. The average Bonchev–Trinajstić information content (AvgIpc) is 3.39. The van der Waals surface area contributed by atoms with E-state index in [-0.39, 0.29) is 29.3 Å². The van der Waals surface area contributed by atoms with Crippen molar-refractivity contribution in [3.63, 3.8) is 0 Å². The summed E-state index contributed by atoms with van der Waals surface area (Å²) in [6.07, 6.45) is 4.89. The smallest absolute Gasteiger partial charge is 0.245 e. The Bertz CT molecular complexity index is 1250. The summed E-state index contributed by atoms with van der Waals surface area (Å²) in [7, 11) is -2.38. The summed E-state index contributed by atoms with van der Waals surface area (Å²) < 4.78 is 34.8. The van der Waals surface area contributed by atoms with Crippen LogP contribution in [-0.4, -0.2) is 76.3 Å². The van der Waals surface area contributed by atoms with Gasteiger partial charge in [0.2, 0.25) is 15.9 Å². The number of hydrogen-bond donors (Lipinski definition) is 1. The van der Waals surface area contributed by atoms with Crippen LogP contribution in [0.1, 0.15) is 25.0 Å². The molecular formula is C24H28N6O4S. The van der Waals surface area contributed by atoms with E-state index in [2.05, 4.69) is 20.4 Å². The number of nitrogens with zero attached hydrogens (tertiary/aromatic N) is 5. The van der Waals surface area contributed by atoms with Gasteiger partial charge in [0.1, 0.15) is 10.9 Å². The van der Waals surface area contributed by atoms with Crippen LogP contribution in [0.2, 0.25) is 0 Å². The zero-order valence-electron chi connectivity index (χ0n) is 19.4. The van der Waals surface area contributed by atoms with E-state index >= 15 is 0 Å². The van der Waals surface area contributed by atoms with Crippen LogP contribution in [0.5, 0.6) is 0 Å². The molecule has 3 atom stereocenters. The molecule has 2 aliphatic rings. The summed E-state index contributed by atoms with van der Waals surface area (Å²) >= 11 is 0. The normalized spacial score (nSPS) is 23.3. The molecule has 2 aromatic heterocycles. The van der Waals surface area contributed by atoms with E-state index in [1.54, 1.807) is 30.3 Å². The Hall–Kier alpha value is -3.15. The van der Waals surface area contributed by atoms with E-state index in [4.69, 9.17) is 4.74 Å². The van der Waals surface area contributed by atoms with Crippen molar-refractivity contribution in [2.24, 2.45) is 5.92 Å². The number of rotatable bonds is 7. The number of aromatic amines is 1. The molecule has 0 spiro atoms. The van der Waals surface area contributed by atoms with Gasteiger partial charge in [0, 0.05) is 37.4 Å². The largest absolute Gasteiger partial charge is 0.384 e. The number of benzene rings is 1. The topological polar surface area (TPSA) is 121 Å². The minimum absolute atomic E-state index is 0.0873.